The molecule has 19 heavy (non-hydrogen) atoms. The maximum Gasteiger partial charge on any atom is 0.160 e. The predicted molar refractivity (Wildman–Crippen MR) is 75.9 cm³/mol. The van der Waals surface area contributed by atoms with E-state index in [2.05, 4.69) is 20.7 Å². The van der Waals surface area contributed by atoms with Crippen molar-refractivity contribution in [3.8, 4) is 5.75 Å². The number of benzene rings is 1. The van der Waals surface area contributed by atoms with Gasteiger partial charge in [0, 0.05) is 11.1 Å². The number of hydrogen-bond acceptors (Lipinski definition) is 6. The molecule has 7 heteroatoms. The molecule has 0 radical (unpaired) electrons. The van der Waals surface area contributed by atoms with E-state index in [4.69, 9.17) is 22.2 Å². The average Bonchev–Trinajstić information content (AvgIpc) is 2.43. The van der Waals surface area contributed by atoms with Gasteiger partial charge in [0.2, 0.25) is 0 Å². The van der Waals surface area contributed by atoms with Crippen molar-refractivity contribution in [1.29, 1.82) is 0 Å². The third-order valence-corrected chi connectivity index (χ3v) is 2.93. The molecule has 100 valence electrons. The Morgan fingerprint density at radius 1 is 1.26 bits per heavy atom. The highest BCUT2D eigenvalue weighted by Gasteiger charge is 2.08. The quantitative estimate of drug-likeness (QED) is 0.589. The Hall–Kier alpha value is -2.05. The molecule has 0 fully saturated rings. The largest absolute Gasteiger partial charge is 0.495 e. The van der Waals surface area contributed by atoms with Crippen molar-refractivity contribution in [2.45, 2.75) is 6.92 Å². The van der Waals surface area contributed by atoms with Gasteiger partial charge in [0.25, 0.3) is 0 Å². The van der Waals surface area contributed by atoms with Crippen LogP contribution in [0.2, 0.25) is 5.02 Å². The van der Waals surface area contributed by atoms with Gasteiger partial charge in [0.15, 0.2) is 11.6 Å². The third-order valence-electron chi connectivity index (χ3n) is 2.53. The molecule has 0 spiro atoms. The summed E-state index contributed by atoms with van der Waals surface area (Å²) in [6.45, 7) is 1.91. The summed E-state index contributed by atoms with van der Waals surface area (Å²) in [5, 5.41) is 3.76. The lowest BCUT2D eigenvalue weighted by atomic mass is 10.2. The van der Waals surface area contributed by atoms with Gasteiger partial charge in [-0.2, -0.15) is 0 Å². The van der Waals surface area contributed by atoms with Gasteiger partial charge in [-0.15, -0.1) is 0 Å². The Morgan fingerprint density at radius 3 is 2.68 bits per heavy atom. The first-order valence-corrected chi connectivity index (χ1v) is 5.91. The van der Waals surface area contributed by atoms with Crippen LogP contribution < -0.4 is 21.3 Å². The van der Waals surface area contributed by atoms with E-state index in [9.17, 15) is 0 Å². The van der Waals surface area contributed by atoms with Crippen molar-refractivity contribution in [3.63, 3.8) is 0 Å². The zero-order chi connectivity index (χ0) is 13.8. The molecule has 0 saturated heterocycles. The fourth-order valence-electron chi connectivity index (χ4n) is 1.56. The van der Waals surface area contributed by atoms with E-state index < -0.39 is 0 Å². The molecule has 0 aliphatic heterocycles. The normalized spacial score (nSPS) is 10.1. The lowest BCUT2D eigenvalue weighted by Gasteiger charge is -2.12. The second-order valence-electron chi connectivity index (χ2n) is 3.86. The molecule has 1 aromatic heterocycles. The van der Waals surface area contributed by atoms with E-state index in [1.807, 2.05) is 13.0 Å². The van der Waals surface area contributed by atoms with Crippen molar-refractivity contribution < 1.29 is 4.74 Å². The van der Waals surface area contributed by atoms with Gasteiger partial charge in [0.05, 0.1) is 25.2 Å². The molecule has 0 bridgehead atoms. The monoisotopic (exact) mass is 279 g/mol. The molecule has 0 aliphatic rings. The number of nitrogens with two attached hydrogens (primary N) is 1. The number of rotatable bonds is 4. The van der Waals surface area contributed by atoms with Crippen LogP contribution in [0.25, 0.3) is 0 Å². The second-order valence-corrected chi connectivity index (χ2v) is 4.27. The minimum atomic E-state index is 0.467. The summed E-state index contributed by atoms with van der Waals surface area (Å²) in [4.78, 5) is 8.23. The topological polar surface area (TPSA) is 85.1 Å². The van der Waals surface area contributed by atoms with E-state index >= 15 is 0 Å². The van der Waals surface area contributed by atoms with E-state index in [1.165, 1.54) is 6.20 Å². The first-order valence-electron chi connectivity index (χ1n) is 5.54. The van der Waals surface area contributed by atoms with Crippen LogP contribution in [0.4, 0.5) is 17.3 Å². The lowest BCUT2D eigenvalue weighted by Crippen LogP contribution is -2.09. The fourth-order valence-corrected chi connectivity index (χ4v) is 1.72. The molecule has 0 saturated carbocycles. The number of methoxy groups -OCH3 is 1. The lowest BCUT2D eigenvalue weighted by molar-refractivity contribution is 0.416. The summed E-state index contributed by atoms with van der Waals surface area (Å²) in [5.41, 5.74) is 4.13. The molecule has 1 aromatic carbocycles. The molecule has 4 N–H and O–H groups in total. The van der Waals surface area contributed by atoms with Gasteiger partial charge in [-0.1, -0.05) is 11.6 Å². The van der Waals surface area contributed by atoms with Crippen LogP contribution >= 0.6 is 11.6 Å². The van der Waals surface area contributed by atoms with Gasteiger partial charge in [-0.3, -0.25) is 4.98 Å². The van der Waals surface area contributed by atoms with Crippen LogP contribution in [0, 0.1) is 6.92 Å². The number of hydrazine groups is 1. The fraction of sp³-hybridized carbons (Fsp3) is 0.167. The van der Waals surface area contributed by atoms with Gasteiger partial charge < -0.3 is 15.5 Å². The summed E-state index contributed by atoms with van der Waals surface area (Å²) in [5.74, 6) is 6.94. The predicted octanol–water partition coefficient (Wildman–Crippen LogP) is 2.48. The number of ether oxygens (including phenoxy) is 1. The summed E-state index contributed by atoms with van der Waals surface area (Å²) in [7, 11) is 1.58. The average molecular weight is 280 g/mol. The van der Waals surface area contributed by atoms with Crippen LogP contribution in [0.15, 0.2) is 24.5 Å². The minimum absolute atomic E-state index is 0.467. The number of aryl methyl sites for hydroxylation is 1. The Labute approximate surface area is 115 Å². The standard InChI is InChI=1S/C12H14ClN5O/c1-7-3-9(10(19-2)4-8(7)13)16-11-5-15-6-12(17-11)18-14/h3-6H,14H2,1-2H3,(H2,16,17,18). The number of nitrogens with one attached hydrogen (secondary N) is 2. The zero-order valence-electron chi connectivity index (χ0n) is 10.6. The Morgan fingerprint density at radius 2 is 2.00 bits per heavy atom. The highest BCUT2D eigenvalue weighted by Crippen LogP contribution is 2.32. The maximum absolute atomic E-state index is 6.05. The van der Waals surface area contributed by atoms with Crippen LogP contribution in [0.1, 0.15) is 5.56 Å². The number of aromatic nitrogens is 2. The number of nitrogen functional groups attached to an aromatic ring is 1. The van der Waals surface area contributed by atoms with Crippen LogP contribution in [-0.4, -0.2) is 17.1 Å². The second kappa shape index (κ2) is 5.73. The van der Waals surface area contributed by atoms with Crippen molar-refractivity contribution in [2.24, 2.45) is 5.84 Å². The summed E-state index contributed by atoms with van der Waals surface area (Å²) >= 11 is 6.05. The summed E-state index contributed by atoms with van der Waals surface area (Å²) in [6, 6.07) is 3.63. The molecule has 0 unspecified atom stereocenters. The van der Waals surface area contributed by atoms with Crippen LogP contribution in [0.3, 0.4) is 0 Å². The first-order chi connectivity index (χ1) is 9.13. The van der Waals surface area contributed by atoms with Crippen molar-refractivity contribution in [3.05, 3.63) is 35.1 Å². The Balaban J connectivity index is 2.34. The first kappa shape index (κ1) is 13.4. The zero-order valence-corrected chi connectivity index (χ0v) is 11.3. The molecule has 0 amide bonds. The molecular formula is C12H14ClN5O. The number of nitrogens with zero attached hydrogens (tertiary/aromatic N) is 2. The molecule has 2 aromatic rings. The number of hydrogen-bond donors (Lipinski definition) is 3. The van der Waals surface area contributed by atoms with E-state index in [1.54, 1.807) is 19.4 Å². The molecular weight excluding hydrogens is 266 g/mol. The van der Waals surface area contributed by atoms with E-state index in [0.29, 0.717) is 22.4 Å². The summed E-state index contributed by atoms with van der Waals surface area (Å²) < 4.78 is 5.27. The smallest absolute Gasteiger partial charge is 0.160 e. The maximum atomic E-state index is 6.05. The summed E-state index contributed by atoms with van der Waals surface area (Å²) in [6.07, 6.45) is 3.11. The van der Waals surface area contributed by atoms with Gasteiger partial charge >= 0.3 is 0 Å². The third kappa shape index (κ3) is 3.04. The molecule has 1 heterocycles. The minimum Gasteiger partial charge on any atom is -0.495 e. The Kier molecular flexibility index (Phi) is 4.03. The highest BCUT2D eigenvalue weighted by molar-refractivity contribution is 6.31. The van der Waals surface area contributed by atoms with Gasteiger partial charge in [-0.05, 0) is 18.6 Å². The highest BCUT2D eigenvalue weighted by atomic mass is 35.5. The van der Waals surface area contributed by atoms with Crippen molar-refractivity contribution in [1.82, 2.24) is 9.97 Å². The molecule has 0 atom stereocenters. The van der Waals surface area contributed by atoms with E-state index in [0.717, 1.165) is 11.3 Å². The van der Waals surface area contributed by atoms with E-state index in [-0.39, 0.29) is 0 Å². The molecule has 0 aliphatic carbocycles. The molecule has 6 nitrogen and oxygen atoms in total. The SMILES string of the molecule is COc1cc(Cl)c(C)cc1Nc1cncc(NN)n1. The van der Waals surface area contributed by atoms with Crippen molar-refractivity contribution in [2.75, 3.05) is 17.9 Å². The number of halogens is 1. The number of anilines is 3. The van der Waals surface area contributed by atoms with Gasteiger partial charge in [-0.25, -0.2) is 10.8 Å². The van der Waals surface area contributed by atoms with Gasteiger partial charge in [0.1, 0.15) is 5.75 Å². The van der Waals surface area contributed by atoms with Crippen LogP contribution in [-0.2, 0) is 0 Å². The van der Waals surface area contributed by atoms with Crippen LogP contribution in [0.5, 0.6) is 5.75 Å². The molecule has 2 rings (SSSR count). The van der Waals surface area contributed by atoms with Crippen molar-refractivity contribution >= 4 is 28.9 Å². The Bertz CT molecular complexity index is 590.